The fourth-order valence-corrected chi connectivity index (χ4v) is 3.67. The van der Waals surface area contributed by atoms with Gasteiger partial charge in [-0.3, -0.25) is 14.5 Å². The number of carbonyl (C=O) groups is 2. The summed E-state index contributed by atoms with van der Waals surface area (Å²) in [6.45, 7) is 6.91. The van der Waals surface area contributed by atoms with Crippen LogP contribution in [0, 0.1) is 5.92 Å². The van der Waals surface area contributed by atoms with E-state index in [1.807, 2.05) is 6.20 Å². The second-order valence-electron chi connectivity index (χ2n) is 7.38. The molecule has 28 heavy (non-hydrogen) atoms. The number of carbonyl (C=O) groups excluding carboxylic acids is 2. The van der Waals surface area contributed by atoms with E-state index in [4.69, 9.17) is 0 Å². The van der Waals surface area contributed by atoms with Gasteiger partial charge in [-0.05, 0) is 56.1 Å². The van der Waals surface area contributed by atoms with Gasteiger partial charge in [0.2, 0.25) is 11.8 Å². The standard InChI is InChI=1S/C21H29N5O2/c1-3-20-22-10-13-26(20)14-17-8-11-25(12-9-17)15-21(28)24-19-6-4-18(5-7-19)23-16(2)27/h4-7,10,13,17H,3,8-9,11-12,14-15H2,1-2H3,(H,23,27)(H,24,28). The molecular weight excluding hydrogens is 354 g/mol. The van der Waals surface area contributed by atoms with Gasteiger partial charge in [-0.1, -0.05) is 6.92 Å². The summed E-state index contributed by atoms with van der Waals surface area (Å²) in [4.78, 5) is 30.0. The Balaban J connectivity index is 1.41. The van der Waals surface area contributed by atoms with Gasteiger partial charge in [0.15, 0.2) is 0 Å². The van der Waals surface area contributed by atoms with E-state index in [9.17, 15) is 9.59 Å². The van der Waals surface area contributed by atoms with Gasteiger partial charge in [0.1, 0.15) is 5.82 Å². The number of hydrogen-bond donors (Lipinski definition) is 2. The molecular formula is C21H29N5O2. The van der Waals surface area contributed by atoms with Crippen molar-refractivity contribution < 1.29 is 9.59 Å². The molecule has 1 aliphatic rings. The Kier molecular flexibility index (Phi) is 6.81. The highest BCUT2D eigenvalue weighted by atomic mass is 16.2. The smallest absolute Gasteiger partial charge is 0.238 e. The zero-order valence-electron chi connectivity index (χ0n) is 16.6. The zero-order valence-corrected chi connectivity index (χ0v) is 16.6. The van der Waals surface area contributed by atoms with E-state index in [1.165, 1.54) is 6.92 Å². The molecule has 0 saturated carbocycles. The number of rotatable bonds is 7. The number of piperidine rings is 1. The van der Waals surface area contributed by atoms with Crippen LogP contribution in [0.3, 0.4) is 0 Å². The van der Waals surface area contributed by atoms with E-state index in [-0.39, 0.29) is 11.8 Å². The van der Waals surface area contributed by atoms with Crippen molar-refractivity contribution in [3.05, 3.63) is 42.5 Å². The maximum atomic E-state index is 12.3. The number of aryl methyl sites for hydroxylation is 1. The Labute approximate surface area is 166 Å². The molecule has 1 fully saturated rings. The molecule has 150 valence electrons. The molecule has 1 saturated heterocycles. The lowest BCUT2D eigenvalue weighted by Gasteiger charge is -2.31. The lowest BCUT2D eigenvalue weighted by Crippen LogP contribution is -2.40. The SMILES string of the molecule is CCc1nccn1CC1CCN(CC(=O)Nc2ccc(NC(C)=O)cc2)CC1. The summed E-state index contributed by atoms with van der Waals surface area (Å²) in [5.41, 5.74) is 1.46. The van der Waals surface area contributed by atoms with Gasteiger partial charge in [0.25, 0.3) is 0 Å². The van der Waals surface area contributed by atoms with Crippen LogP contribution in [-0.4, -0.2) is 45.9 Å². The Hall–Kier alpha value is -2.67. The molecule has 2 aromatic rings. The molecule has 0 radical (unpaired) electrons. The van der Waals surface area contributed by atoms with E-state index in [0.29, 0.717) is 12.5 Å². The second-order valence-corrected chi connectivity index (χ2v) is 7.38. The summed E-state index contributed by atoms with van der Waals surface area (Å²) < 4.78 is 2.26. The summed E-state index contributed by atoms with van der Waals surface area (Å²) >= 11 is 0. The number of benzene rings is 1. The number of hydrogen-bond acceptors (Lipinski definition) is 4. The van der Waals surface area contributed by atoms with Crippen LogP contribution in [0.1, 0.15) is 32.5 Å². The van der Waals surface area contributed by atoms with Crippen molar-refractivity contribution in [1.82, 2.24) is 14.5 Å². The van der Waals surface area contributed by atoms with Crippen molar-refractivity contribution >= 4 is 23.2 Å². The van der Waals surface area contributed by atoms with Crippen LogP contribution in [-0.2, 0) is 22.6 Å². The number of anilines is 2. The normalized spacial score (nSPS) is 15.4. The third-order valence-corrected chi connectivity index (χ3v) is 5.14. The van der Waals surface area contributed by atoms with Crippen molar-refractivity contribution in [2.45, 2.75) is 39.7 Å². The van der Waals surface area contributed by atoms with Crippen molar-refractivity contribution in [2.75, 3.05) is 30.3 Å². The van der Waals surface area contributed by atoms with Crippen LogP contribution in [0.2, 0.25) is 0 Å². The molecule has 1 aromatic carbocycles. The minimum atomic E-state index is -0.112. The van der Waals surface area contributed by atoms with Crippen molar-refractivity contribution in [2.24, 2.45) is 5.92 Å². The molecule has 1 aromatic heterocycles. The van der Waals surface area contributed by atoms with Crippen molar-refractivity contribution in [3.63, 3.8) is 0 Å². The van der Waals surface area contributed by atoms with Crippen molar-refractivity contribution in [3.8, 4) is 0 Å². The Bertz CT molecular complexity index is 791. The number of amides is 2. The van der Waals surface area contributed by atoms with E-state index in [0.717, 1.165) is 56.1 Å². The van der Waals surface area contributed by atoms with Crippen molar-refractivity contribution in [1.29, 1.82) is 0 Å². The van der Waals surface area contributed by atoms with Crippen LogP contribution < -0.4 is 10.6 Å². The third kappa shape index (κ3) is 5.66. The fraction of sp³-hybridized carbons (Fsp3) is 0.476. The highest BCUT2D eigenvalue weighted by Gasteiger charge is 2.21. The summed E-state index contributed by atoms with van der Waals surface area (Å²) in [6.07, 6.45) is 7.09. The molecule has 1 aliphatic heterocycles. The maximum Gasteiger partial charge on any atom is 0.238 e. The van der Waals surface area contributed by atoms with E-state index >= 15 is 0 Å². The van der Waals surface area contributed by atoms with Crippen LogP contribution in [0.15, 0.2) is 36.7 Å². The lowest BCUT2D eigenvalue weighted by molar-refractivity contribution is -0.117. The van der Waals surface area contributed by atoms with E-state index in [2.05, 4.69) is 38.2 Å². The first-order valence-corrected chi connectivity index (χ1v) is 9.93. The van der Waals surface area contributed by atoms with Gasteiger partial charge in [0.05, 0.1) is 6.54 Å². The summed E-state index contributed by atoms with van der Waals surface area (Å²) in [6, 6.07) is 7.16. The quantitative estimate of drug-likeness (QED) is 0.771. The van der Waals surface area contributed by atoms with Gasteiger partial charge >= 0.3 is 0 Å². The number of imidazole rings is 1. The number of aromatic nitrogens is 2. The maximum absolute atomic E-state index is 12.3. The molecule has 7 nitrogen and oxygen atoms in total. The predicted molar refractivity (Wildman–Crippen MR) is 110 cm³/mol. The molecule has 2 heterocycles. The Morgan fingerprint density at radius 2 is 1.75 bits per heavy atom. The molecule has 0 unspecified atom stereocenters. The molecule has 2 N–H and O–H groups in total. The first kappa shape index (κ1) is 20.1. The molecule has 0 spiro atoms. The van der Waals surface area contributed by atoms with Crippen LogP contribution in [0.5, 0.6) is 0 Å². The molecule has 7 heteroatoms. The third-order valence-electron chi connectivity index (χ3n) is 5.14. The van der Waals surface area contributed by atoms with E-state index < -0.39 is 0 Å². The topological polar surface area (TPSA) is 79.3 Å². The number of nitrogens with zero attached hydrogens (tertiary/aromatic N) is 3. The summed E-state index contributed by atoms with van der Waals surface area (Å²) in [7, 11) is 0. The Morgan fingerprint density at radius 3 is 2.36 bits per heavy atom. The lowest BCUT2D eigenvalue weighted by atomic mass is 9.96. The van der Waals surface area contributed by atoms with Gasteiger partial charge in [-0.2, -0.15) is 0 Å². The minimum Gasteiger partial charge on any atom is -0.335 e. The molecule has 0 aliphatic carbocycles. The highest BCUT2D eigenvalue weighted by Crippen LogP contribution is 2.20. The monoisotopic (exact) mass is 383 g/mol. The molecule has 2 amide bonds. The molecule has 0 bridgehead atoms. The average molecular weight is 383 g/mol. The minimum absolute atomic E-state index is 0.00592. The first-order chi connectivity index (χ1) is 13.5. The van der Waals surface area contributed by atoms with Gasteiger partial charge in [-0.25, -0.2) is 4.98 Å². The fourth-order valence-electron chi connectivity index (χ4n) is 3.67. The number of nitrogens with one attached hydrogen (secondary N) is 2. The molecule has 0 atom stereocenters. The summed E-state index contributed by atoms with van der Waals surface area (Å²) in [5.74, 6) is 1.67. The van der Waals surface area contributed by atoms with Gasteiger partial charge in [-0.15, -0.1) is 0 Å². The highest BCUT2D eigenvalue weighted by molar-refractivity contribution is 5.93. The second kappa shape index (κ2) is 9.50. The van der Waals surface area contributed by atoms with Crippen LogP contribution >= 0.6 is 0 Å². The van der Waals surface area contributed by atoms with E-state index in [1.54, 1.807) is 24.3 Å². The largest absolute Gasteiger partial charge is 0.335 e. The van der Waals surface area contributed by atoms with Crippen LogP contribution in [0.25, 0.3) is 0 Å². The number of likely N-dealkylation sites (tertiary alicyclic amines) is 1. The summed E-state index contributed by atoms with van der Waals surface area (Å²) in [5, 5.41) is 5.64. The first-order valence-electron chi connectivity index (χ1n) is 9.93. The van der Waals surface area contributed by atoms with Gasteiger partial charge in [0, 0.05) is 43.7 Å². The predicted octanol–water partition coefficient (Wildman–Crippen LogP) is 2.75. The molecule has 3 rings (SSSR count). The van der Waals surface area contributed by atoms with Gasteiger partial charge < -0.3 is 15.2 Å². The van der Waals surface area contributed by atoms with Crippen LogP contribution in [0.4, 0.5) is 11.4 Å². The zero-order chi connectivity index (χ0) is 19.9. The Morgan fingerprint density at radius 1 is 1.11 bits per heavy atom. The average Bonchev–Trinajstić information content (AvgIpc) is 3.11.